The first kappa shape index (κ1) is 15.5. The highest BCUT2D eigenvalue weighted by atomic mass is 15.3. The third-order valence-corrected chi connectivity index (χ3v) is 7.31. The van der Waals surface area contributed by atoms with E-state index in [4.69, 9.17) is 0 Å². The van der Waals surface area contributed by atoms with Gasteiger partial charge in [-0.3, -0.25) is 0 Å². The molecule has 4 atom stereocenters. The zero-order chi connectivity index (χ0) is 16.2. The summed E-state index contributed by atoms with van der Waals surface area (Å²) in [7, 11) is 2.33. The molecule has 3 fully saturated rings. The summed E-state index contributed by atoms with van der Waals surface area (Å²) in [5, 5.41) is 3.60. The summed E-state index contributed by atoms with van der Waals surface area (Å²) in [5.41, 5.74) is 3.25. The van der Waals surface area contributed by atoms with E-state index in [0.717, 1.165) is 24.9 Å². The molecule has 0 aliphatic carbocycles. The zero-order valence-electron chi connectivity index (χ0n) is 15.0. The lowest BCUT2D eigenvalue weighted by Crippen LogP contribution is -2.57. The second-order valence-corrected chi connectivity index (χ2v) is 8.09. The summed E-state index contributed by atoms with van der Waals surface area (Å²) in [6, 6.07) is 10.4. The molecular weight excluding hydrogens is 282 g/mol. The molecule has 3 saturated heterocycles. The van der Waals surface area contributed by atoms with Crippen molar-refractivity contribution in [2.75, 3.05) is 31.6 Å². The van der Waals surface area contributed by atoms with Crippen molar-refractivity contribution in [2.24, 2.45) is 11.8 Å². The van der Waals surface area contributed by atoms with Gasteiger partial charge in [-0.05, 0) is 71.3 Å². The van der Waals surface area contributed by atoms with E-state index >= 15 is 0 Å². The molecule has 4 rings (SSSR count). The lowest BCUT2D eigenvalue weighted by atomic mass is 9.71. The van der Waals surface area contributed by atoms with Gasteiger partial charge in [0, 0.05) is 35.8 Å². The first-order chi connectivity index (χ1) is 11.1. The Hall–Kier alpha value is -1.06. The lowest BCUT2D eigenvalue weighted by molar-refractivity contribution is 0.169. The largest absolute Gasteiger partial charge is 0.365 e. The maximum absolute atomic E-state index is 3.60. The molecule has 1 spiro atoms. The Bertz CT molecular complexity index is 578. The van der Waals surface area contributed by atoms with Gasteiger partial charge < -0.3 is 15.1 Å². The van der Waals surface area contributed by atoms with Crippen LogP contribution in [0.4, 0.5) is 5.69 Å². The molecule has 0 radical (unpaired) electrons. The Morgan fingerprint density at radius 2 is 1.78 bits per heavy atom. The van der Waals surface area contributed by atoms with Crippen LogP contribution in [0.15, 0.2) is 24.3 Å². The highest BCUT2D eigenvalue weighted by Gasteiger charge is 2.61. The zero-order valence-corrected chi connectivity index (χ0v) is 15.0. The molecule has 126 valence electrons. The van der Waals surface area contributed by atoms with E-state index in [1.165, 1.54) is 30.6 Å². The van der Waals surface area contributed by atoms with Crippen LogP contribution < -0.4 is 10.2 Å². The van der Waals surface area contributed by atoms with Crippen LogP contribution in [0, 0.1) is 18.8 Å². The van der Waals surface area contributed by atoms with E-state index in [1.54, 1.807) is 0 Å². The minimum atomic E-state index is 0.348. The van der Waals surface area contributed by atoms with Crippen LogP contribution in [0.5, 0.6) is 0 Å². The molecule has 1 aromatic rings. The topological polar surface area (TPSA) is 18.5 Å². The number of nitrogens with one attached hydrogen (secondary N) is 1. The Balaban J connectivity index is 1.80. The second kappa shape index (κ2) is 5.49. The summed E-state index contributed by atoms with van der Waals surface area (Å²) >= 11 is 0. The first-order valence-corrected chi connectivity index (χ1v) is 9.32. The number of benzene rings is 1. The number of nitrogens with zero attached hydrogens (tertiary/aromatic N) is 2. The molecule has 0 amide bonds. The fraction of sp³-hybridized carbons (Fsp3) is 0.700. The summed E-state index contributed by atoms with van der Waals surface area (Å²) in [6.07, 6.45) is 2.57. The Labute approximate surface area is 141 Å². The molecule has 0 saturated carbocycles. The van der Waals surface area contributed by atoms with Gasteiger partial charge in [0.15, 0.2) is 0 Å². The Morgan fingerprint density at radius 1 is 1.09 bits per heavy atom. The fourth-order valence-electron chi connectivity index (χ4n) is 5.94. The third kappa shape index (κ3) is 2.09. The van der Waals surface area contributed by atoms with Crippen molar-refractivity contribution in [3.8, 4) is 0 Å². The van der Waals surface area contributed by atoms with Gasteiger partial charge in [0.25, 0.3) is 0 Å². The van der Waals surface area contributed by atoms with Gasteiger partial charge in [-0.15, -0.1) is 0 Å². The molecule has 3 nitrogen and oxygen atoms in total. The van der Waals surface area contributed by atoms with Gasteiger partial charge in [-0.25, -0.2) is 0 Å². The number of anilines is 1. The Kier molecular flexibility index (Phi) is 3.69. The van der Waals surface area contributed by atoms with Crippen LogP contribution in [0.25, 0.3) is 0 Å². The van der Waals surface area contributed by atoms with Gasteiger partial charge in [0.2, 0.25) is 0 Å². The molecule has 3 aliphatic rings. The van der Waals surface area contributed by atoms with E-state index in [0.29, 0.717) is 17.6 Å². The average molecular weight is 313 g/mol. The number of aryl methyl sites for hydroxylation is 1. The van der Waals surface area contributed by atoms with Crippen molar-refractivity contribution in [1.29, 1.82) is 0 Å². The van der Waals surface area contributed by atoms with E-state index in [-0.39, 0.29) is 0 Å². The highest BCUT2D eigenvalue weighted by molar-refractivity contribution is 5.57. The predicted molar refractivity (Wildman–Crippen MR) is 97.0 cm³/mol. The van der Waals surface area contributed by atoms with Gasteiger partial charge >= 0.3 is 0 Å². The standard InChI is InChI=1S/C20H31N3/c1-14-7-5-6-8-18(14)23-13-17-15(2)22(4)16(3)19(17)20(23)9-11-21-12-10-20/h5-8,15-17,19,21H,9-13H2,1-4H3. The number of hydrogen-bond donors (Lipinski definition) is 1. The summed E-state index contributed by atoms with van der Waals surface area (Å²) < 4.78 is 0. The van der Waals surface area contributed by atoms with Crippen molar-refractivity contribution in [2.45, 2.75) is 51.2 Å². The van der Waals surface area contributed by atoms with Crippen LogP contribution >= 0.6 is 0 Å². The number of fused-ring (bicyclic) bond motifs is 2. The van der Waals surface area contributed by atoms with E-state index in [1.807, 2.05) is 0 Å². The molecule has 3 aliphatic heterocycles. The normalized spacial score (nSPS) is 36.6. The first-order valence-electron chi connectivity index (χ1n) is 9.32. The van der Waals surface area contributed by atoms with E-state index < -0.39 is 0 Å². The minimum Gasteiger partial charge on any atom is -0.365 e. The summed E-state index contributed by atoms with van der Waals surface area (Å²) in [6.45, 7) is 10.7. The van der Waals surface area contributed by atoms with Crippen LogP contribution in [0.3, 0.4) is 0 Å². The van der Waals surface area contributed by atoms with Crippen molar-refractivity contribution in [3.63, 3.8) is 0 Å². The van der Waals surface area contributed by atoms with Crippen LogP contribution in [0.2, 0.25) is 0 Å². The third-order valence-electron chi connectivity index (χ3n) is 7.31. The van der Waals surface area contributed by atoms with Gasteiger partial charge in [0.1, 0.15) is 0 Å². The fourth-order valence-corrected chi connectivity index (χ4v) is 5.94. The molecule has 4 unspecified atom stereocenters. The van der Waals surface area contributed by atoms with Gasteiger partial charge in [0.05, 0.1) is 0 Å². The van der Waals surface area contributed by atoms with Crippen LogP contribution in [0.1, 0.15) is 32.3 Å². The Morgan fingerprint density at radius 3 is 2.48 bits per heavy atom. The quantitative estimate of drug-likeness (QED) is 0.860. The highest BCUT2D eigenvalue weighted by Crippen LogP contribution is 2.54. The van der Waals surface area contributed by atoms with E-state index in [2.05, 4.69) is 67.2 Å². The minimum absolute atomic E-state index is 0.348. The molecule has 3 heterocycles. The molecule has 3 heteroatoms. The van der Waals surface area contributed by atoms with Crippen LogP contribution in [-0.2, 0) is 0 Å². The molecule has 0 bridgehead atoms. The molecular formula is C20H31N3. The number of hydrogen-bond acceptors (Lipinski definition) is 3. The molecule has 0 aromatic heterocycles. The monoisotopic (exact) mass is 313 g/mol. The molecule has 23 heavy (non-hydrogen) atoms. The average Bonchev–Trinajstić information content (AvgIpc) is 2.98. The SMILES string of the molecule is Cc1ccccc1N1CC2C(C)N(C)C(C)C2C12CCNCC2. The number of likely N-dealkylation sites (tertiary alicyclic amines) is 1. The molecule has 1 aromatic carbocycles. The maximum Gasteiger partial charge on any atom is 0.0473 e. The van der Waals surface area contributed by atoms with Crippen molar-refractivity contribution in [1.82, 2.24) is 10.2 Å². The van der Waals surface area contributed by atoms with Crippen molar-refractivity contribution >= 4 is 5.69 Å². The van der Waals surface area contributed by atoms with E-state index in [9.17, 15) is 0 Å². The predicted octanol–water partition coefficient (Wildman–Crippen LogP) is 2.89. The number of rotatable bonds is 1. The number of para-hydroxylation sites is 1. The summed E-state index contributed by atoms with van der Waals surface area (Å²) in [4.78, 5) is 5.45. The maximum atomic E-state index is 3.60. The smallest absolute Gasteiger partial charge is 0.0473 e. The van der Waals surface area contributed by atoms with Crippen molar-refractivity contribution < 1.29 is 0 Å². The van der Waals surface area contributed by atoms with Gasteiger partial charge in [-0.2, -0.15) is 0 Å². The number of piperidine rings is 1. The van der Waals surface area contributed by atoms with Crippen molar-refractivity contribution in [3.05, 3.63) is 29.8 Å². The second-order valence-electron chi connectivity index (χ2n) is 8.09. The van der Waals surface area contributed by atoms with Crippen LogP contribution in [-0.4, -0.2) is 49.2 Å². The van der Waals surface area contributed by atoms with Gasteiger partial charge in [-0.1, -0.05) is 18.2 Å². The summed E-state index contributed by atoms with van der Waals surface area (Å²) in [5.74, 6) is 1.59. The molecule has 1 N–H and O–H groups in total. The lowest BCUT2D eigenvalue weighted by Gasteiger charge is -2.48.